The van der Waals surface area contributed by atoms with Crippen molar-refractivity contribution >= 4 is 23.3 Å². The second kappa shape index (κ2) is 6.96. The van der Waals surface area contributed by atoms with Crippen LogP contribution in [0.1, 0.15) is 49.3 Å². The highest BCUT2D eigenvalue weighted by Crippen LogP contribution is 2.35. The molecule has 1 amide bonds. The van der Waals surface area contributed by atoms with E-state index >= 15 is 0 Å². The molecule has 1 aromatic carbocycles. The van der Waals surface area contributed by atoms with Crippen LogP contribution >= 0.6 is 11.6 Å². The number of hydrogen-bond donors (Lipinski definition) is 2. The molecular weight excluding hydrogens is 350 g/mol. The van der Waals surface area contributed by atoms with Crippen LogP contribution in [0.4, 0.5) is 5.82 Å². The Hall–Kier alpha value is -2.60. The van der Waals surface area contributed by atoms with Crippen molar-refractivity contribution in [3.05, 3.63) is 59.0 Å². The Kier molecular flexibility index (Phi) is 4.51. The smallest absolute Gasteiger partial charge is 0.232 e. The fraction of sp³-hybridized carbons (Fsp3) is 0.316. The summed E-state index contributed by atoms with van der Waals surface area (Å²) in [5, 5.41) is 15.1. The molecule has 0 spiro atoms. The van der Waals surface area contributed by atoms with E-state index in [0.717, 1.165) is 16.9 Å². The number of nitrogens with one attached hydrogen (secondary N) is 2. The molecule has 7 heteroatoms. The summed E-state index contributed by atoms with van der Waals surface area (Å²) in [5.41, 5.74) is 2.73. The summed E-state index contributed by atoms with van der Waals surface area (Å²) in [5.74, 6) is 0.745. The molecule has 1 atom stereocenters. The lowest BCUT2D eigenvalue weighted by molar-refractivity contribution is -0.117. The number of aromatic amines is 1. The van der Waals surface area contributed by atoms with Gasteiger partial charge in [0.2, 0.25) is 5.91 Å². The summed E-state index contributed by atoms with van der Waals surface area (Å²) in [6.07, 6.45) is 7.17. The van der Waals surface area contributed by atoms with E-state index in [1.165, 1.54) is 19.3 Å². The predicted octanol–water partition coefficient (Wildman–Crippen LogP) is 4.26. The molecule has 1 fully saturated rings. The van der Waals surface area contributed by atoms with E-state index < -0.39 is 0 Å². The lowest BCUT2D eigenvalue weighted by Crippen LogP contribution is -2.18. The second-order valence-electron chi connectivity index (χ2n) is 6.74. The molecule has 2 aromatic heterocycles. The fourth-order valence-corrected chi connectivity index (χ4v) is 3.21. The molecule has 0 aliphatic heterocycles. The van der Waals surface area contributed by atoms with Crippen LogP contribution in [0.5, 0.6) is 0 Å². The number of amides is 1. The van der Waals surface area contributed by atoms with Gasteiger partial charge < -0.3 is 5.32 Å². The number of carbonyl (C=O) groups excluding carboxylic acids is 1. The predicted molar refractivity (Wildman–Crippen MR) is 101 cm³/mol. The van der Waals surface area contributed by atoms with Crippen LogP contribution in [-0.4, -0.2) is 25.9 Å². The minimum Gasteiger partial charge on any atom is -0.311 e. The molecule has 1 aliphatic carbocycles. The number of benzene rings is 1. The Morgan fingerprint density at radius 1 is 1.38 bits per heavy atom. The van der Waals surface area contributed by atoms with E-state index in [0.29, 0.717) is 16.8 Å². The maximum absolute atomic E-state index is 12.6. The standard InChI is InChI=1S/C19H20ClN5O/c1-12(14-10-21-25(11-14)16-7-3-6-15(20)8-16)19(26)22-18-9-17(23-24-18)13-4-2-5-13/h3,6-13H,2,4-5H2,1H3,(H2,22,23,24,26). The molecule has 2 N–H and O–H groups in total. The van der Waals surface area contributed by atoms with Gasteiger partial charge in [-0.05, 0) is 38.0 Å². The topological polar surface area (TPSA) is 75.6 Å². The quantitative estimate of drug-likeness (QED) is 0.705. The normalized spacial score (nSPS) is 15.5. The SMILES string of the molecule is CC(C(=O)Nc1cc(C2CCC2)n[nH]1)c1cnn(-c2cccc(Cl)c2)c1. The van der Waals surface area contributed by atoms with Gasteiger partial charge in [-0.15, -0.1) is 0 Å². The summed E-state index contributed by atoms with van der Waals surface area (Å²) in [7, 11) is 0. The van der Waals surface area contributed by atoms with Gasteiger partial charge in [0.25, 0.3) is 0 Å². The number of carbonyl (C=O) groups is 1. The molecule has 6 nitrogen and oxygen atoms in total. The van der Waals surface area contributed by atoms with Crippen molar-refractivity contribution in [2.24, 2.45) is 0 Å². The number of hydrogen-bond acceptors (Lipinski definition) is 3. The Morgan fingerprint density at radius 3 is 2.96 bits per heavy atom. The minimum atomic E-state index is -0.335. The van der Waals surface area contributed by atoms with Crippen LogP contribution in [0.25, 0.3) is 5.69 Å². The van der Waals surface area contributed by atoms with Gasteiger partial charge >= 0.3 is 0 Å². The van der Waals surface area contributed by atoms with Gasteiger partial charge in [0.05, 0.1) is 23.5 Å². The van der Waals surface area contributed by atoms with Crippen molar-refractivity contribution in [1.29, 1.82) is 0 Å². The van der Waals surface area contributed by atoms with Crippen LogP contribution in [-0.2, 0) is 4.79 Å². The minimum absolute atomic E-state index is 0.0977. The Morgan fingerprint density at radius 2 is 2.23 bits per heavy atom. The highest BCUT2D eigenvalue weighted by molar-refractivity contribution is 6.30. The first-order chi connectivity index (χ1) is 12.6. The molecule has 1 saturated carbocycles. The van der Waals surface area contributed by atoms with Gasteiger partial charge in [-0.3, -0.25) is 9.89 Å². The molecule has 4 rings (SSSR count). The van der Waals surface area contributed by atoms with Gasteiger partial charge in [0.1, 0.15) is 5.82 Å². The van der Waals surface area contributed by atoms with Crippen LogP contribution in [0, 0.1) is 0 Å². The third-order valence-electron chi connectivity index (χ3n) is 4.95. The third kappa shape index (κ3) is 3.37. The van der Waals surface area contributed by atoms with Crippen molar-refractivity contribution < 1.29 is 4.79 Å². The molecule has 1 aliphatic rings. The Balaban J connectivity index is 1.44. The van der Waals surface area contributed by atoms with Gasteiger partial charge in [0, 0.05) is 28.8 Å². The van der Waals surface area contributed by atoms with E-state index in [1.54, 1.807) is 10.9 Å². The van der Waals surface area contributed by atoms with E-state index in [9.17, 15) is 4.79 Å². The van der Waals surface area contributed by atoms with Gasteiger partial charge in [-0.2, -0.15) is 10.2 Å². The highest BCUT2D eigenvalue weighted by Gasteiger charge is 2.23. The number of H-pyrrole nitrogens is 1. The molecule has 26 heavy (non-hydrogen) atoms. The molecule has 2 heterocycles. The zero-order valence-corrected chi connectivity index (χ0v) is 15.2. The van der Waals surface area contributed by atoms with E-state index in [4.69, 9.17) is 11.6 Å². The maximum Gasteiger partial charge on any atom is 0.232 e. The van der Waals surface area contributed by atoms with Crippen molar-refractivity contribution in [3.63, 3.8) is 0 Å². The van der Waals surface area contributed by atoms with E-state index in [-0.39, 0.29) is 11.8 Å². The van der Waals surface area contributed by atoms with Crippen molar-refractivity contribution in [3.8, 4) is 5.69 Å². The summed E-state index contributed by atoms with van der Waals surface area (Å²) in [6, 6.07) is 9.36. The average Bonchev–Trinajstić information content (AvgIpc) is 3.22. The largest absolute Gasteiger partial charge is 0.311 e. The molecule has 0 radical (unpaired) electrons. The number of halogens is 1. The first-order valence-electron chi connectivity index (χ1n) is 8.77. The van der Waals surface area contributed by atoms with Crippen LogP contribution in [0.15, 0.2) is 42.7 Å². The number of anilines is 1. The summed E-state index contributed by atoms with van der Waals surface area (Å²) in [6.45, 7) is 1.86. The zero-order valence-electron chi connectivity index (χ0n) is 14.4. The van der Waals surface area contributed by atoms with Crippen molar-refractivity contribution in [2.75, 3.05) is 5.32 Å². The summed E-state index contributed by atoms with van der Waals surface area (Å²) < 4.78 is 1.72. The van der Waals surface area contributed by atoms with Crippen molar-refractivity contribution in [2.45, 2.75) is 38.0 Å². The zero-order chi connectivity index (χ0) is 18.1. The first kappa shape index (κ1) is 16.8. The average molecular weight is 370 g/mol. The molecule has 1 unspecified atom stereocenters. The van der Waals surface area contributed by atoms with E-state index in [2.05, 4.69) is 20.6 Å². The molecular formula is C19H20ClN5O. The van der Waals surface area contributed by atoms with Crippen molar-refractivity contribution in [1.82, 2.24) is 20.0 Å². The molecule has 134 valence electrons. The lowest BCUT2D eigenvalue weighted by atomic mass is 9.83. The molecule has 3 aromatic rings. The first-order valence-corrected chi connectivity index (χ1v) is 9.14. The van der Waals surface area contributed by atoms with Gasteiger partial charge in [-0.25, -0.2) is 4.68 Å². The van der Waals surface area contributed by atoms with Crippen LogP contribution < -0.4 is 5.32 Å². The van der Waals surface area contributed by atoms with Gasteiger partial charge in [-0.1, -0.05) is 24.1 Å². The fourth-order valence-electron chi connectivity index (χ4n) is 3.03. The lowest BCUT2D eigenvalue weighted by Gasteiger charge is -2.22. The Labute approximate surface area is 156 Å². The number of rotatable bonds is 5. The van der Waals surface area contributed by atoms with E-state index in [1.807, 2.05) is 43.5 Å². The highest BCUT2D eigenvalue weighted by atomic mass is 35.5. The maximum atomic E-state index is 12.6. The summed E-state index contributed by atoms with van der Waals surface area (Å²) in [4.78, 5) is 12.6. The third-order valence-corrected chi connectivity index (χ3v) is 5.18. The van der Waals surface area contributed by atoms with Crippen LogP contribution in [0.3, 0.4) is 0 Å². The molecule has 0 bridgehead atoms. The Bertz CT molecular complexity index is 927. The monoisotopic (exact) mass is 369 g/mol. The molecule has 0 saturated heterocycles. The summed E-state index contributed by atoms with van der Waals surface area (Å²) >= 11 is 6.03. The van der Waals surface area contributed by atoms with Gasteiger partial charge in [0.15, 0.2) is 0 Å². The second-order valence-corrected chi connectivity index (χ2v) is 7.18. The number of aromatic nitrogens is 4. The number of nitrogens with zero attached hydrogens (tertiary/aromatic N) is 3. The van der Waals surface area contributed by atoms with Crippen LogP contribution in [0.2, 0.25) is 5.02 Å².